The first-order valence-corrected chi connectivity index (χ1v) is 8.06. The number of pyridine rings is 1. The summed E-state index contributed by atoms with van der Waals surface area (Å²) in [7, 11) is 0. The molecule has 1 N–H and O–H groups in total. The molecule has 0 saturated carbocycles. The number of likely N-dealkylation sites (N-methyl/N-ethyl adjacent to an activating group) is 1. The SMILES string of the molecule is CCN1CCc2nc3c(C)c(C)ccc3c(/C=C/C(=O)O)c2C1. The minimum atomic E-state index is -0.921. The maximum absolute atomic E-state index is 11.0. The van der Waals surface area contributed by atoms with Crippen LogP contribution in [0.25, 0.3) is 17.0 Å². The molecule has 0 spiro atoms. The molecule has 0 radical (unpaired) electrons. The first kappa shape index (κ1) is 15.7. The van der Waals surface area contributed by atoms with Crippen LogP contribution < -0.4 is 0 Å². The van der Waals surface area contributed by atoms with Crippen molar-refractivity contribution in [3.05, 3.63) is 46.2 Å². The van der Waals surface area contributed by atoms with E-state index in [2.05, 4.69) is 37.8 Å². The molecule has 1 aliphatic rings. The van der Waals surface area contributed by atoms with Crippen LogP contribution in [0.2, 0.25) is 0 Å². The molecule has 120 valence electrons. The molecule has 4 nitrogen and oxygen atoms in total. The molecule has 0 bridgehead atoms. The number of rotatable bonds is 3. The number of hydrogen-bond acceptors (Lipinski definition) is 3. The van der Waals surface area contributed by atoms with Crippen LogP contribution in [-0.4, -0.2) is 34.0 Å². The maximum Gasteiger partial charge on any atom is 0.328 e. The molecule has 0 atom stereocenters. The molecule has 0 saturated heterocycles. The smallest absolute Gasteiger partial charge is 0.328 e. The predicted octanol–water partition coefficient (Wildman–Crippen LogP) is 3.33. The van der Waals surface area contributed by atoms with Gasteiger partial charge >= 0.3 is 5.97 Å². The zero-order valence-electron chi connectivity index (χ0n) is 13.9. The van der Waals surface area contributed by atoms with E-state index in [0.717, 1.165) is 48.2 Å². The molecule has 0 amide bonds. The largest absolute Gasteiger partial charge is 0.478 e. The maximum atomic E-state index is 11.0. The van der Waals surface area contributed by atoms with Crippen molar-refractivity contribution in [1.29, 1.82) is 0 Å². The minimum Gasteiger partial charge on any atom is -0.478 e. The van der Waals surface area contributed by atoms with Crippen molar-refractivity contribution in [2.75, 3.05) is 13.1 Å². The van der Waals surface area contributed by atoms with E-state index in [1.54, 1.807) is 6.08 Å². The molecule has 0 unspecified atom stereocenters. The van der Waals surface area contributed by atoms with Crippen molar-refractivity contribution in [3.63, 3.8) is 0 Å². The number of benzene rings is 1. The molecule has 3 rings (SSSR count). The third kappa shape index (κ3) is 2.86. The van der Waals surface area contributed by atoms with Gasteiger partial charge < -0.3 is 5.11 Å². The highest BCUT2D eigenvalue weighted by molar-refractivity contribution is 5.95. The lowest BCUT2D eigenvalue weighted by Gasteiger charge is -2.29. The Labute approximate surface area is 136 Å². The minimum absolute atomic E-state index is 0.834. The fourth-order valence-corrected chi connectivity index (χ4v) is 3.25. The monoisotopic (exact) mass is 310 g/mol. The summed E-state index contributed by atoms with van der Waals surface area (Å²) >= 11 is 0. The summed E-state index contributed by atoms with van der Waals surface area (Å²) in [5.41, 5.74) is 6.68. The number of carboxylic acid groups (broad SMARTS) is 1. The molecule has 2 aromatic rings. The van der Waals surface area contributed by atoms with Crippen molar-refractivity contribution in [1.82, 2.24) is 9.88 Å². The van der Waals surface area contributed by atoms with E-state index in [1.165, 1.54) is 22.8 Å². The summed E-state index contributed by atoms with van der Waals surface area (Å²) in [6.07, 6.45) is 3.88. The Morgan fingerprint density at radius 2 is 2.17 bits per heavy atom. The highest BCUT2D eigenvalue weighted by Gasteiger charge is 2.21. The zero-order chi connectivity index (χ0) is 16.6. The van der Waals surface area contributed by atoms with Crippen LogP contribution >= 0.6 is 0 Å². The van der Waals surface area contributed by atoms with E-state index in [9.17, 15) is 4.79 Å². The van der Waals surface area contributed by atoms with E-state index in [1.807, 2.05) is 0 Å². The van der Waals surface area contributed by atoms with Crippen molar-refractivity contribution in [2.45, 2.75) is 33.7 Å². The van der Waals surface area contributed by atoms with Gasteiger partial charge in [0, 0.05) is 36.7 Å². The second-order valence-corrected chi connectivity index (χ2v) is 6.14. The molecule has 23 heavy (non-hydrogen) atoms. The Bertz CT molecular complexity index is 809. The van der Waals surface area contributed by atoms with Gasteiger partial charge in [0.15, 0.2) is 0 Å². The molecule has 1 aliphatic heterocycles. The Hall–Kier alpha value is -2.20. The topological polar surface area (TPSA) is 53.4 Å². The lowest BCUT2D eigenvalue weighted by Crippen LogP contribution is -2.31. The number of nitrogens with zero attached hydrogens (tertiary/aromatic N) is 2. The van der Waals surface area contributed by atoms with E-state index in [4.69, 9.17) is 10.1 Å². The van der Waals surface area contributed by atoms with Gasteiger partial charge in [-0.2, -0.15) is 0 Å². The summed E-state index contributed by atoms with van der Waals surface area (Å²) < 4.78 is 0. The number of fused-ring (bicyclic) bond motifs is 2. The van der Waals surface area contributed by atoms with Crippen molar-refractivity contribution in [3.8, 4) is 0 Å². The molecular formula is C19H22N2O2. The summed E-state index contributed by atoms with van der Waals surface area (Å²) in [5, 5.41) is 10.1. The molecule has 1 aromatic heterocycles. The highest BCUT2D eigenvalue weighted by atomic mass is 16.4. The Morgan fingerprint density at radius 3 is 2.87 bits per heavy atom. The lowest BCUT2D eigenvalue weighted by molar-refractivity contribution is -0.131. The highest BCUT2D eigenvalue weighted by Crippen LogP contribution is 2.31. The van der Waals surface area contributed by atoms with Crippen LogP contribution in [-0.2, 0) is 17.8 Å². The zero-order valence-corrected chi connectivity index (χ0v) is 13.9. The number of aromatic nitrogens is 1. The van der Waals surface area contributed by atoms with Crippen molar-refractivity contribution >= 4 is 22.9 Å². The van der Waals surface area contributed by atoms with Gasteiger partial charge in [0.25, 0.3) is 0 Å². The molecule has 0 aliphatic carbocycles. The van der Waals surface area contributed by atoms with Crippen molar-refractivity contribution < 1.29 is 9.90 Å². The van der Waals surface area contributed by atoms with Gasteiger partial charge in [0.2, 0.25) is 0 Å². The van der Waals surface area contributed by atoms with Crippen LogP contribution in [0, 0.1) is 13.8 Å². The summed E-state index contributed by atoms with van der Waals surface area (Å²) in [4.78, 5) is 18.3. The number of carboxylic acids is 1. The number of aryl methyl sites for hydroxylation is 2. The quantitative estimate of drug-likeness (QED) is 0.884. The van der Waals surface area contributed by atoms with Gasteiger partial charge in [-0.15, -0.1) is 0 Å². The van der Waals surface area contributed by atoms with E-state index in [0.29, 0.717) is 0 Å². The van der Waals surface area contributed by atoms with Crippen molar-refractivity contribution in [2.24, 2.45) is 0 Å². The fourth-order valence-electron chi connectivity index (χ4n) is 3.25. The third-order valence-electron chi connectivity index (χ3n) is 4.80. The number of aliphatic carboxylic acids is 1. The van der Waals surface area contributed by atoms with Gasteiger partial charge in [-0.3, -0.25) is 9.88 Å². The molecule has 4 heteroatoms. The van der Waals surface area contributed by atoms with Gasteiger partial charge in [-0.25, -0.2) is 4.79 Å². The van der Waals surface area contributed by atoms with Crippen LogP contribution in [0.5, 0.6) is 0 Å². The standard InChI is InChI=1S/C19H22N2O2/c1-4-21-10-9-17-16(11-21)14(7-8-18(22)23)15-6-5-12(2)13(3)19(15)20-17/h5-8H,4,9-11H2,1-3H3,(H,22,23)/b8-7+. The summed E-state index contributed by atoms with van der Waals surface area (Å²) in [6, 6.07) is 4.15. The van der Waals surface area contributed by atoms with E-state index < -0.39 is 5.97 Å². The van der Waals surface area contributed by atoms with Gasteiger partial charge in [-0.1, -0.05) is 19.1 Å². The average Bonchev–Trinajstić information content (AvgIpc) is 2.54. The van der Waals surface area contributed by atoms with Crippen LogP contribution in [0.15, 0.2) is 18.2 Å². The molecular weight excluding hydrogens is 288 g/mol. The number of carbonyl (C=O) groups is 1. The van der Waals surface area contributed by atoms with E-state index >= 15 is 0 Å². The second kappa shape index (κ2) is 6.13. The first-order chi connectivity index (χ1) is 11.0. The second-order valence-electron chi connectivity index (χ2n) is 6.14. The molecule has 0 fully saturated rings. The van der Waals surface area contributed by atoms with Crippen LogP contribution in [0.1, 0.15) is 34.9 Å². The first-order valence-electron chi connectivity index (χ1n) is 8.06. The predicted molar refractivity (Wildman–Crippen MR) is 92.5 cm³/mol. The van der Waals surface area contributed by atoms with Gasteiger partial charge in [-0.05, 0) is 48.7 Å². The lowest BCUT2D eigenvalue weighted by atomic mass is 9.93. The Balaban J connectivity index is 2.29. The summed E-state index contributed by atoms with van der Waals surface area (Å²) in [5.74, 6) is -0.921. The Kier molecular flexibility index (Phi) is 4.18. The summed E-state index contributed by atoms with van der Waals surface area (Å²) in [6.45, 7) is 9.16. The average molecular weight is 310 g/mol. The fraction of sp³-hybridized carbons (Fsp3) is 0.368. The van der Waals surface area contributed by atoms with Crippen LogP contribution in [0.4, 0.5) is 0 Å². The Morgan fingerprint density at radius 1 is 1.39 bits per heavy atom. The molecule has 2 heterocycles. The van der Waals surface area contributed by atoms with E-state index in [-0.39, 0.29) is 0 Å². The van der Waals surface area contributed by atoms with Gasteiger partial charge in [0.05, 0.1) is 5.52 Å². The normalized spacial score (nSPS) is 15.3. The van der Waals surface area contributed by atoms with Crippen LogP contribution in [0.3, 0.4) is 0 Å². The molecule has 1 aromatic carbocycles. The number of hydrogen-bond donors (Lipinski definition) is 1. The van der Waals surface area contributed by atoms with Gasteiger partial charge in [0.1, 0.15) is 0 Å². The third-order valence-corrected chi connectivity index (χ3v) is 4.80.